The third kappa shape index (κ3) is 6.54. The summed E-state index contributed by atoms with van der Waals surface area (Å²) in [5.41, 5.74) is 2.00. The van der Waals surface area contributed by atoms with Gasteiger partial charge in [-0.15, -0.1) is 23.5 Å². The summed E-state index contributed by atoms with van der Waals surface area (Å²) in [6.07, 6.45) is 0. The van der Waals surface area contributed by atoms with Gasteiger partial charge in [0, 0.05) is 24.8 Å². The van der Waals surface area contributed by atoms with Crippen molar-refractivity contribution < 1.29 is 19.1 Å². The average Bonchev–Trinajstić information content (AvgIpc) is 2.63. The first-order chi connectivity index (χ1) is 13.8. The molecule has 0 radical (unpaired) electrons. The van der Waals surface area contributed by atoms with Crippen LogP contribution in [0.5, 0.6) is 0 Å². The van der Waals surface area contributed by atoms with Crippen LogP contribution in [0.4, 0.5) is 0 Å². The molecule has 0 N–H and O–H groups in total. The summed E-state index contributed by atoms with van der Waals surface area (Å²) in [4.78, 5) is 27.2. The maximum atomic E-state index is 12.5. The lowest BCUT2D eigenvalue weighted by molar-refractivity contribution is 0.0601. The van der Waals surface area contributed by atoms with Gasteiger partial charge in [0.25, 0.3) is 0 Å². The van der Waals surface area contributed by atoms with E-state index >= 15 is 0 Å². The Balaban J connectivity index is 2.80. The van der Waals surface area contributed by atoms with Crippen LogP contribution in [0.25, 0.3) is 11.1 Å². The van der Waals surface area contributed by atoms with Gasteiger partial charge in [0.05, 0.1) is 25.3 Å². The zero-order valence-electron chi connectivity index (χ0n) is 18.9. The third-order valence-electron chi connectivity index (χ3n) is 3.89. The summed E-state index contributed by atoms with van der Waals surface area (Å²) >= 11 is 3.49. The number of thioether (sulfide) groups is 2. The molecule has 0 aliphatic carbocycles. The van der Waals surface area contributed by atoms with Crippen LogP contribution in [0.3, 0.4) is 0 Å². The summed E-state index contributed by atoms with van der Waals surface area (Å²) in [5, 5.41) is 0. The Bertz CT molecular complexity index is 869. The number of rotatable bonds is 5. The van der Waals surface area contributed by atoms with Crippen molar-refractivity contribution in [1.29, 1.82) is 0 Å². The molecule has 0 aromatic heterocycles. The SMILES string of the molecule is COC(=O)c1cccc(C(=O)OC)c1-c1cc(SC(C)(C)C)cc(SC(C)(C)C)c1. The summed E-state index contributed by atoms with van der Waals surface area (Å²) in [5.74, 6) is -0.982. The molecule has 0 bridgehead atoms. The zero-order valence-corrected chi connectivity index (χ0v) is 20.5. The number of esters is 2. The molecule has 0 spiro atoms. The fraction of sp³-hybridized carbons (Fsp3) is 0.417. The first-order valence-corrected chi connectivity index (χ1v) is 11.3. The molecule has 0 atom stereocenters. The van der Waals surface area contributed by atoms with Crippen molar-refractivity contribution >= 4 is 35.5 Å². The highest BCUT2D eigenvalue weighted by Gasteiger charge is 2.24. The van der Waals surface area contributed by atoms with Crippen molar-refractivity contribution in [2.45, 2.75) is 60.8 Å². The van der Waals surface area contributed by atoms with Crippen LogP contribution in [-0.2, 0) is 9.47 Å². The molecular weight excluding hydrogens is 416 g/mol. The van der Waals surface area contributed by atoms with Gasteiger partial charge in [0.2, 0.25) is 0 Å². The Hall–Kier alpha value is -1.92. The van der Waals surface area contributed by atoms with Gasteiger partial charge in [-0.2, -0.15) is 0 Å². The van der Waals surface area contributed by atoms with Crippen LogP contribution in [-0.4, -0.2) is 35.7 Å². The number of methoxy groups -OCH3 is 2. The second kappa shape index (κ2) is 9.48. The van der Waals surface area contributed by atoms with Crippen LogP contribution in [0.15, 0.2) is 46.2 Å². The Kier molecular flexibility index (Phi) is 7.69. The lowest BCUT2D eigenvalue weighted by Crippen LogP contribution is -2.11. The minimum atomic E-state index is -0.491. The van der Waals surface area contributed by atoms with Crippen LogP contribution < -0.4 is 0 Å². The Morgan fingerprint density at radius 2 is 1.13 bits per heavy atom. The molecule has 0 fully saturated rings. The summed E-state index contributed by atoms with van der Waals surface area (Å²) in [7, 11) is 2.67. The van der Waals surface area contributed by atoms with E-state index in [1.165, 1.54) is 14.2 Å². The molecule has 30 heavy (non-hydrogen) atoms. The number of ether oxygens (including phenoxy) is 2. The molecule has 2 aromatic rings. The summed E-state index contributed by atoms with van der Waals surface area (Å²) in [6.45, 7) is 12.9. The molecular formula is C24H30O4S2. The molecule has 0 aliphatic rings. The second-order valence-electron chi connectivity index (χ2n) is 8.83. The predicted octanol–water partition coefficient (Wildman–Crippen LogP) is 6.71. The second-order valence-corrected chi connectivity index (χ2v) is 12.6. The van der Waals surface area contributed by atoms with Crippen molar-refractivity contribution in [2.24, 2.45) is 0 Å². The fourth-order valence-electron chi connectivity index (χ4n) is 2.96. The van der Waals surface area contributed by atoms with Gasteiger partial charge in [-0.1, -0.05) is 47.6 Å². The van der Waals surface area contributed by atoms with E-state index in [2.05, 4.69) is 47.6 Å². The minimum Gasteiger partial charge on any atom is -0.465 e. The average molecular weight is 447 g/mol. The first kappa shape index (κ1) is 24.4. The highest BCUT2D eigenvalue weighted by molar-refractivity contribution is 8.01. The fourth-order valence-corrected chi connectivity index (χ4v) is 5.20. The minimum absolute atomic E-state index is 0.00926. The largest absolute Gasteiger partial charge is 0.465 e. The van der Waals surface area contributed by atoms with Gasteiger partial charge >= 0.3 is 11.9 Å². The normalized spacial score (nSPS) is 11.9. The maximum Gasteiger partial charge on any atom is 0.338 e. The van der Waals surface area contributed by atoms with Crippen LogP contribution in [0, 0.1) is 0 Å². The Labute approximate surface area is 188 Å². The standard InChI is InChI=1S/C24H30O4S2/c1-23(2,3)29-16-12-15(13-17(14-16)30-24(4,5)6)20-18(21(25)27-7)10-9-11-19(20)22(26)28-8/h9-14H,1-8H3. The molecule has 0 amide bonds. The molecule has 0 saturated heterocycles. The Morgan fingerprint density at radius 3 is 1.47 bits per heavy atom. The number of hydrogen-bond acceptors (Lipinski definition) is 6. The highest BCUT2D eigenvalue weighted by atomic mass is 32.2. The smallest absolute Gasteiger partial charge is 0.338 e. The van der Waals surface area contributed by atoms with Crippen molar-refractivity contribution in [1.82, 2.24) is 0 Å². The molecule has 162 valence electrons. The van der Waals surface area contributed by atoms with Crippen molar-refractivity contribution in [3.8, 4) is 11.1 Å². The van der Waals surface area contributed by atoms with E-state index < -0.39 is 11.9 Å². The van der Waals surface area contributed by atoms with E-state index in [9.17, 15) is 9.59 Å². The zero-order chi connectivity index (χ0) is 22.7. The molecule has 0 saturated carbocycles. The molecule has 0 heterocycles. The van der Waals surface area contributed by atoms with Gasteiger partial charge in [0.1, 0.15) is 0 Å². The van der Waals surface area contributed by atoms with E-state index in [4.69, 9.17) is 9.47 Å². The van der Waals surface area contributed by atoms with Gasteiger partial charge < -0.3 is 9.47 Å². The van der Waals surface area contributed by atoms with Crippen molar-refractivity contribution in [2.75, 3.05) is 14.2 Å². The monoisotopic (exact) mass is 446 g/mol. The van der Waals surface area contributed by atoms with Crippen LogP contribution in [0.2, 0.25) is 0 Å². The van der Waals surface area contributed by atoms with E-state index in [0.717, 1.165) is 15.4 Å². The summed E-state index contributed by atoms with van der Waals surface area (Å²) < 4.78 is 9.99. The van der Waals surface area contributed by atoms with E-state index in [0.29, 0.717) is 16.7 Å². The Morgan fingerprint density at radius 1 is 0.733 bits per heavy atom. The van der Waals surface area contributed by atoms with Crippen molar-refractivity contribution in [3.05, 3.63) is 47.5 Å². The molecule has 4 nitrogen and oxygen atoms in total. The molecule has 0 unspecified atom stereocenters. The van der Waals surface area contributed by atoms with E-state index in [1.807, 2.05) is 12.1 Å². The molecule has 6 heteroatoms. The molecule has 0 aliphatic heterocycles. The first-order valence-electron chi connectivity index (χ1n) is 9.68. The lowest BCUT2D eigenvalue weighted by Gasteiger charge is -2.22. The van der Waals surface area contributed by atoms with Crippen LogP contribution in [0.1, 0.15) is 62.3 Å². The molecule has 2 aromatic carbocycles. The maximum absolute atomic E-state index is 12.5. The van der Waals surface area contributed by atoms with E-state index in [1.54, 1.807) is 41.7 Å². The molecule has 2 rings (SSSR count). The van der Waals surface area contributed by atoms with E-state index in [-0.39, 0.29) is 9.49 Å². The van der Waals surface area contributed by atoms with Crippen molar-refractivity contribution in [3.63, 3.8) is 0 Å². The third-order valence-corrected chi connectivity index (χ3v) is 6.06. The number of carbonyl (C=O) groups is 2. The van der Waals surface area contributed by atoms with Crippen LogP contribution >= 0.6 is 23.5 Å². The van der Waals surface area contributed by atoms with Gasteiger partial charge in [-0.05, 0) is 35.9 Å². The number of benzene rings is 2. The summed E-state index contributed by atoms with van der Waals surface area (Å²) in [6, 6.07) is 11.2. The predicted molar refractivity (Wildman–Crippen MR) is 126 cm³/mol. The van der Waals surface area contributed by atoms with Gasteiger partial charge in [-0.25, -0.2) is 9.59 Å². The van der Waals surface area contributed by atoms with Gasteiger partial charge in [-0.3, -0.25) is 0 Å². The quantitative estimate of drug-likeness (QED) is 0.376. The topological polar surface area (TPSA) is 52.6 Å². The number of carbonyl (C=O) groups excluding carboxylic acids is 2. The highest BCUT2D eigenvalue weighted by Crippen LogP contribution is 2.41. The lowest BCUT2D eigenvalue weighted by atomic mass is 9.94. The van der Waals surface area contributed by atoms with Gasteiger partial charge in [0.15, 0.2) is 0 Å². The number of hydrogen-bond donors (Lipinski definition) is 0.